The van der Waals surface area contributed by atoms with E-state index in [1.54, 1.807) is 13.8 Å². The summed E-state index contributed by atoms with van der Waals surface area (Å²) in [4.78, 5) is 0. The largest absolute Gasteiger partial charge is 0.504 e. The number of nitrogens with two attached hydrogens (primary N) is 3. The molecular weight excluding hydrogens is 265 g/mol. The molecule has 9 heteroatoms. The summed E-state index contributed by atoms with van der Waals surface area (Å²) in [5.74, 6) is 9.79. The molecule has 0 unspecified atom stereocenters. The average Bonchev–Trinajstić information content (AvgIpc) is 2.32. The van der Waals surface area contributed by atoms with Crippen molar-refractivity contribution < 1.29 is 18.9 Å². The molecule has 7 N–H and O–H groups in total. The van der Waals surface area contributed by atoms with Gasteiger partial charge in [-0.25, -0.2) is 21.0 Å². The van der Waals surface area contributed by atoms with Gasteiger partial charge in [0.15, 0.2) is 11.5 Å². The Morgan fingerprint density at radius 2 is 1.76 bits per heavy atom. The van der Waals surface area contributed by atoms with Gasteiger partial charge in [0.05, 0.1) is 0 Å². The Morgan fingerprint density at radius 1 is 1.24 bits per heavy atom. The summed E-state index contributed by atoms with van der Waals surface area (Å²) in [5, 5.41) is 9.72. The van der Waals surface area contributed by atoms with Gasteiger partial charge in [-0.15, -0.1) is 0 Å². The van der Waals surface area contributed by atoms with Crippen molar-refractivity contribution >= 4 is 24.2 Å². The molecule has 0 bridgehead atoms. The molecule has 0 saturated heterocycles. The average molecular weight is 279 g/mol. The van der Waals surface area contributed by atoms with E-state index in [9.17, 15) is 5.11 Å². The van der Waals surface area contributed by atoms with E-state index in [1.165, 1.54) is 6.07 Å². The first-order valence-corrected chi connectivity index (χ1v) is 7.05. The van der Waals surface area contributed by atoms with Gasteiger partial charge >= 0.3 is 6.72 Å². The molecule has 0 saturated carbocycles. The van der Waals surface area contributed by atoms with Crippen LogP contribution in [0.1, 0.15) is 11.1 Å². The maximum Gasteiger partial charge on any atom is 0.414 e. The zero-order chi connectivity index (χ0) is 13.2. The molecule has 0 aliphatic carbocycles. The highest BCUT2D eigenvalue weighted by atomic mass is 32.5. The van der Waals surface area contributed by atoms with Crippen LogP contribution in [0.5, 0.6) is 11.5 Å². The molecule has 17 heavy (non-hydrogen) atoms. The third-order valence-electron chi connectivity index (χ3n) is 2.32. The van der Waals surface area contributed by atoms with Gasteiger partial charge in [-0.3, -0.25) is 0 Å². The molecule has 1 rings (SSSR count). The van der Waals surface area contributed by atoms with Crippen LogP contribution >= 0.6 is 6.72 Å². The lowest BCUT2D eigenvalue weighted by Crippen LogP contribution is -2.10. The quantitative estimate of drug-likeness (QED) is 0.365. The van der Waals surface area contributed by atoms with E-state index in [0.717, 1.165) is 5.56 Å². The van der Waals surface area contributed by atoms with Gasteiger partial charge in [0.1, 0.15) is 0 Å². The van der Waals surface area contributed by atoms with Gasteiger partial charge in [-0.2, -0.15) is 0 Å². The Bertz CT molecular complexity index is 474. The Morgan fingerprint density at radius 3 is 2.24 bits per heavy atom. The molecule has 0 amide bonds. The fourth-order valence-corrected chi connectivity index (χ4v) is 2.01. The molecule has 0 aliphatic rings. The predicted octanol–water partition coefficient (Wildman–Crippen LogP) is 0.975. The third kappa shape index (κ3) is 2.86. The second-order valence-electron chi connectivity index (χ2n) is 3.31. The summed E-state index contributed by atoms with van der Waals surface area (Å²) in [6.07, 6.45) is 0. The Kier molecular flexibility index (Phi) is 4.31. The summed E-state index contributed by atoms with van der Waals surface area (Å²) in [7, 11) is 0. The predicted molar refractivity (Wildman–Crippen MR) is 67.5 cm³/mol. The van der Waals surface area contributed by atoms with Crippen molar-refractivity contribution in [3.05, 3.63) is 17.2 Å². The highest BCUT2D eigenvalue weighted by molar-refractivity contribution is 8.07. The van der Waals surface area contributed by atoms with Crippen molar-refractivity contribution in [3.63, 3.8) is 0 Å². The van der Waals surface area contributed by atoms with E-state index in [-0.39, 0.29) is 11.5 Å². The first kappa shape index (κ1) is 14.2. The molecule has 7 nitrogen and oxygen atoms in total. The van der Waals surface area contributed by atoms with Gasteiger partial charge in [0.2, 0.25) is 0 Å². The standard InChI is InChI=1S/C8H14N3O4PS/c1-4-5(2)8(7(12)3-6(4)9)13-16(17,14-10)15-11/h3,12H,9-11H2,1-2H3. The summed E-state index contributed by atoms with van der Waals surface area (Å²) in [5.41, 5.74) is 7.45. The number of aromatic hydroxyl groups is 1. The zero-order valence-corrected chi connectivity index (χ0v) is 11.0. The highest BCUT2D eigenvalue weighted by Gasteiger charge is 2.24. The molecule has 1 aromatic rings. The monoisotopic (exact) mass is 279 g/mol. The number of rotatable bonds is 4. The Hall–Kier alpha value is -0.890. The first-order valence-electron chi connectivity index (χ1n) is 4.50. The number of nitrogen functional groups attached to an aromatic ring is 1. The van der Waals surface area contributed by atoms with Crippen LogP contribution in [-0.4, -0.2) is 5.11 Å². The lowest BCUT2D eigenvalue weighted by molar-refractivity contribution is 0.207. The fourth-order valence-electron chi connectivity index (χ4n) is 1.19. The summed E-state index contributed by atoms with van der Waals surface area (Å²) >= 11 is 4.83. The summed E-state index contributed by atoms with van der Waals surface area (Å²) in [6, 6.07) is 1.34. The minimum Gasteiger partial charge on any atom is -0.504 e. The van der Waals surface area contributed by atoms with Gasteiger partial charge < -0.3 is 15.4 Å². The van der Waals surface area contributed by atoms with E-state index < -0.39 is 6.72 Å². The first-order chi connectivity index (χ1) is 7.84. The highest BCUT2D eigenvalue weighted by Crippen LogP contribution is 2.50. The molecular formula is C8H14N3O4PS. The molecule has 0 fully saturated rings. The fraction of sp³-hybridized carbons (Fsp3) is 0.250. The van der Waals surface area contributed by atoms with Gasteiger partial charge in [-0.1, -0.05) is 0 Å². The van der Waals surface area contributed by atoms with Crippen LogP contribution in [-0.2, 0) is 21.1 Å². The molecule has 0 aliphatic heterocycles. The third-order valence-corrected chi connectivity index (χ3v) is 3.98. The van der Waals surface area contributed by atoms with Crippen LogP contribution in [0, 0.1) is 13.8 Å². The van der Waals surface area contributed by atoms with Crippen LogP contribution in [0.15, 0.2) is 6.07 Å². The molecule has 0 spiro atoms. The lowest BCUT2D eigenvalue weighted by Gasteiger charge is -2.20. The van der Waals surface area contributed by atoms with Gasteiger partial charge in [-0.05, 0) is 19.4 Å². The maximum absolute atomic E-state index is 9.72. The van der Waals surface area contributed by atoms with Gasteiger partial charge in [0, 0.05) is 29.1 Å². The van der Waals surface area contributed by atoms with Crippen molar-refractivity contribution in [1.29, 1.82) is 0 Å². The van der Waals surface area contributed by atoms with Crippen LogP contribution in [0.3, 0.4) is 0 Å². The number of hydrogen-bond donors (Lipinski definition) is 4. The van der Waals surface area contributed by atoms with E-state index in [2.05, 4.69) is 9.25 Å². The van der Waals surface area contributed by atoms with Gasteiger partial charge in [0.25, 0.3) is 0 Å². The SMILES string of the molecule is Cc1c(N)cc(O)c(OP(=S)(ON)ON)c1C. The number of benzene rings is 1. The number of phenols is 1. The summed E-state index contributed by atoms with van der Waals surface area (Å²) < 4.78 is 14.0. The number of phenolic OH excluding ortho intramolecular Hbond substituents is 1. The number of anilines is 1. The van der Waals surface area contributed by atoms with Crippen LogP contribution < -0.4 is 22.1 Å². The van der Waals surface area contributed by atoms with Crippen LogP contribution in [0.25, 0.3) is 0 Å². The van der Waals surface area contributed by atoms with Crippen molar-refractivity contribution in [2.75, 3.05) is 5.73 Å². The molecule has 0 heterocycles. The Balaban J connectivity index is 3.24. The molecule has 0 aromatic heterocycles. The van der Waals surface area contributed by atoms with Crippen molar-refractivity contribution in [3.8, 4) is 11.5 Å². The lowest BCUT2D eigenvalue weighted by atomic mass is 10.1. The van der Waals surface area contributed by atoms with E-state index in [1.807, 2.05) is 0 Å². The topological polar surface area (TPSA) is 126 Å². The van der Waals surface area contributed by atoms with Crippen molar-refractivity contribution in [2.45, 2.75) is 13.8 Å². The van der Waals surface area contributed by atoms with Crippen LogP contribution in [0.2, 0.25) is 0 Å². The molecule has 0 atom stereocenters. The van der Waals surface area contributed by atoms with E-state index >= 15 is 0 Å². The van der Waals surface area contributed by atoms with Crippen LogP contribution in [0.4, 0.5) is 5.69 Å². The minimum absolute atomic E-state index is 0.0935. The zero-order valence-electron chi connectivity index (χ0n) is 9.34. The normalized spacial score (nSPS) is 11.5. The summed E-state index contributed by atoms with van der Waals surface area (Å²) in [6.45, 7) is 0.169. The van der Waals surface area contributed by atoms with E-state index in [4.69, 9.17) is 33.9 Å². The minimum atomic E-state index is -3.30. The molecule has 96 valence electrons. The van der Waals surface area contributed by atoms with E-state index in [0.29, 0.717) is 11.3 Å². The second kappa shape index (κ2) is 5.18. The molecule has 1 aromatic carbocycles. The van der Waals surface area contributed by atoms with Crippen molar-refractivity contribution in [1.82, 2.24) is 0 Å². The molecule has 0 radical (unpaired) electrons. The number of hydrogen-bond acceptors (Lipinski definition) is 8. The smallest absolute Gasteiger partial charge is 0.414 e. The van der Waals surface area contributed by atoms with Crippen molar-refractivity contribution in [2.24, 2.45) is 11.8 Å². The maximum atomic E-state index is 9.72. The second-order valence-corrected chi connectivity index (χ2v) is 6.15. The Labute approximate surface area is 104 Å².